The topological polar surface area (TPSA) is 81.8 Å². The molecule has 4 rings (SSSR count). The number of H-pyrrole nitrogens is 1. The molecule has 0 radical (unpaired) electrons. The van der Waals surface area contributed by atoms with Gasteiger partial charge in [-0.1, -0.05) is 19.3 Å². The number of benzene rings is 1. The van der Waals surface area contributed by atoms with Crippen LogP contribution in [0.2, 0.25) is 0 Å². The van der Waals surface area contributed by atoms with Crippen molar-refractivity contribution in [2.45, 2.75) is 50.9 Å². The highest BCUT2D eigenvalue weighted by atomic mass is 19.4. The summed E-state index contributed by atoms with van der Waals surface area (Å²) in [6.45, 7) is 0.691. The van der Waals surface area contributed by atoms with Crippen LogP contribution in [-0.2, 0) is 12.7 Å². The average molecular weight is 431 g/mol. The van der Waals surface area contributed by atoms with E-state index in [1.54, 1.807) is 6.20 Å². The van der Waals surface area contributed by atoms with Gasteiger partial charge in [0.2, 0.25) is 0 Å². The quantitative estimate of drug-likeness (QED) is 0.421. The smallest absolute Gasteiger partial charge is 0.344 e. The summed E-state index contributed by atoms with van der Waals surface area (Å²) in [7, 11) is 0. The number of carbonyl (C=O) groups is 1. The number of amides is 2. The largest absolute Gasteiger partial charge is 0.416 e. The predicted octanol–water partition coefficient (Wildman–Crippen LogP) is 5.65. The minimum absolute atomic E-state index is 0.263. The third kappa shape index (κ3) is 5.35. The number of carbonyl (C=O) groups excluding carboxylic acids is 1. The van der Waals surface area contributed by atoms with Crippen LogP contribution in [0.3, 0.4) is 0 Å². The first kappa shape index (κ1) is 21.2. The van der Waals surface area contributed by atoms with Crippen molar-refractivity contribution in [1.29, 1.82) is 0 Å². The molecule has 1 aliphatic carbocycles. The van der Waals surface area contributed by atoms with Crippen LogP contribution in [0.1, 0.15) is 43.4 Å². The standard InChI is InChI=1S/C22H24F3N5O/c23-22(24,25)14-6-8-16(9-7-14)29-21(31)30-19-13-27-20-18(19)11-10-17(28-20)12-26-15-4-2-1-3-5-15/h6-11,13,15,26H,1-5,12H2,(H,27,28)(H2,29,30,31). The second kappa shape index (κ2) is 8.97. The van der Waals surface area contributed by atoms with Crippen molar-refractivity contribution in [3.63, 3.8) is 0 Å². The van der Waals surface area contributed by atoms with Crippen LogP contribution in [0.5, 0.6) is 0 Å². The molecule has 0 unspecified atom stereocenters. The summed E-state index contributed by atoms with van der Waals surface area (Å²) >= 11 is 0. The Bertz CT molecular complexity index is 1040. The van der Waals surface area contributed by atoms with E-state index in [0.717, 1.165) is 23.2 Å². The zero-order valence-corrected chi connectivity index (χ0v) is 16.9. The zero-order chi connectivity index (χ0) is 21.8. The Labute approximate surface area is 177 Å². The lowest BCUT2D eigenvalue weighted by atomic mass is 9.95. The molecule has 1 aromatic carbocycles. The number of aromatic nitrogens is 2. The molecule has 0 spiro atoms. The van der Waals surface area contributed by atoms with Gasteiger partial charge >= 0.3 is 12.2 Å². The number of aromatic amines is 1. The molecule has 164 valence electrons. The zero-order valence-electron chi connectivity index (χ0n) is 16.9. The van der Waals surface area contributed by atoms with Gasteiger partial charge in [0.1, 0.15) is 5.65 Å². The van der Waals surface area contributed by atoms with Gasteiger partial charge < -0.3 is 20.9 Å². The van der Waals surface area contributed by atoms with Gasteiger partial charge in [0, 0.05) is 29.9 Å². The first-order chi connectivity index (χ1) is 14.9. The number of fused-ring (bicyclic) bond motifs is 1. The molecule has 1 saturated carbocycles. The lowest BCUT2D eigenvalue weighted by Crippen LogP contribution is -2.30. The maximum absolute atomic E-state index is 12.6. The van der Waals surface area contributed by atoms with Gasteiger partial charge in [-0.05, 0) is 49.2 Å². The van der Waals surface area contributed by atoms with E-state index >= 15 is 0 Å². The molecule has 0 saturated heterocycles. The van der Waals surface area contributed by atoms with Crippen LogP contribution in [-0.4, -0.2) is 22.0 Å². The summed E-state index contributed by atoms with van der Waals surface area (Å²) in [5.74, 6) is 0. The van der Waals surface area contributed by atoms with Crippen molar-refractivity contribution in [2.75, 3.05) is 10.6 Å². The van der Waals surface area contributed by atoms with Gasteiger partial charge in [-0.3, -0.25) is 0 Å². The lowest BCUT2D eigenvalue weighted by Gasteiger charge is -2.22. The number of urea groups is 1. The van der Waals surface area contributed by atoms with E-state index in [2.05, 4.69) is 25.9 Å². The van der Waals surface area contributed by atoms with E-state index in [1.165, 1.54) is 44.2 Å². The highest BCUT2D eigenvalue weighted by molar-refractivity contribution is 6.05. The Balaban J connectivity index is 1.36. The maximum Gasteiger partial charge on any atom is 0.416 e. The van der Waals surface area contributed by atoms with Crippen molar-refractivity contribution in [3.05, 3.63) is 53.9 Å². The summed E-state index contributed by atoms with van der Waals surface area (Å²) in [6, 6.07) is 8.08. The molecular weight excluding hydrogens is 407 g/mol. The molecule has 0 aliphatic heterocycles. The molecular formula is C22H24F3N5O. The first-order valence-corrected chi connectivity index (χ1v) is 10.3. The summed E-state index contributed by atoms with van der Waals surface area (Å²) in [5, 5.41) is 9.54. The number of nitrogens with one attached hydrogen (secondary N) is 4. The van der Waals surface area contributed by atoms with E-state index in [9.17, 15) is 18.0 Å². The van der Waals surface area contributed by atoms with E-state index < -0.39 is 17.8 Å². The van der Waals surface area contributed by atoms with Crippen LogP contribution in [0.25, 0.3) is 11.0 Å². The van der Waals surface area contributed by atoms with Crippen molar-refractivity contribution in [3.8, 4) is 0 Å². The highest BCUT2D eigenvalue weighted by Gasteiger charge is 2.30. The molecule has 9 heteroatoms. The van der Waals surface area contributed by atoms with Crippen molar-refractivity contribution in [2.24, 2.45) is 0 Å². The van der Waals surface area contributed by atoms with Gasteiger partial charge in [-0.25, -0.2) is 9.78 Å². The minimum atomic E-state index is -4.41. The van der Waals surface area contributed by atoms with Gasteiger partial charge in [0.25, 0.3) is 0 Å². The average Bonchev–Trinajstić information content (AvgIpc) is 3.14. The fourth-order valence-electron chi connectivity index (χ4n) is 3.83. The monoisotopic (exact) mass is 431 g/mol. The molecule has 31 heavy (non-hydrogen) atoms. The first-order valence-electron chi connectivity index (χ1n) is 10.3. The van der Waals surface area contributed by atoms with Crippen LogP contribution in [0.4, 0.5) is 29.3 Å². The van der Waals surface area contributed by atoms with Gasteiger partial charge in [0.15, 0.2) is 0 Å². The molecule has 2 aromatic heterocycles. The molecule has 4 N–H and O–H groups in total. The number of nitrogens with zero attached hydrogens (tertiary/aromatic N) is 1. The lowest BCUT2D eigenvalue weighted by molar-refractivity contribution is -0.137. The normalized spacial score (nSPS) is 15.2. The predicted molar refractivity (Wildman–Crippen MR) is 114 cm³/mol. The number of hydrogen-bond donors (Lipinski definition) is 4. The van der Waals surface area contributed by atoms with Gasteiger partial charge in [-0.2, -0.15) is 13.2 Å². The summed E-state index contributed by atoms with van der Waals surface area (Å²) in [6.07, 6.45) is 3.48. The summed E-state index contributed by atoms with van der Waals surface area (Å²) < 4.78 is 37.9. The van der Waals surface area contributed by atoms with E-state index in [-0.39, 0.29) is 5.69 Å². The second-order valence-electron chi connectivity index (χ2n) is 7.77. The molecule has 3 aromatic rings. The van der Waals surface area contributed by atoms with Crippen molar-refractivity contribution < 1.29 is 18.0 Å². The Hall–Kier alpha value is -3.07. The molecule has 1 fully saturated rings. The number of alkyl halides is 3. The number of halogens is 3. The molecule has 1 aliphatic rings. The summed E-state index contributed by atoms with van der Waals surface area (Å²) in [5.41, 5.74) is 1.61. The Morgan fingerprint density at radius 1 is 1.03 bits per heavy atom. The molecule has 2 amide bonds. The third-order valence-electron chi connectivity index (χ3n) is 5.49. The minimum Gasteiger partial charge on any atom is -0.344 e. The Morgan fingerprint density at radius 3 is 2.48 bits per heavy atom. The summed E-state index contributed by atoms with van der Waals surface area (Å²) in [4.78, 5) is 19.9. The number of rotatable bonds is 5. The van der Waals surface area contributed by atoms with Crippen LogP contribution < -0.4 is 16.0 Å². The number of anilines is 2. The van der Waals surface area contributed by atoms with E-state index in [1.807, 2.05) is 12.1 Å². The Kier molecular flexibility index (Phi) is 6.13. The molecule has 0 atom stereocenters. The SMILES string of the molecule is O=C(Nc1ccc(C(F)(F)F)cc1)Nc1c[nH]c2nc(CNC3CCCCC3)ccc12. The van der Waals surface area contributed by atoms with E-state index in [0.29, 0.717) is 23.9 Å². The fourth-order valence-corrected chi connectivity index (χ4v) is 3.83. The molecule has 0 bridgehead atoms. The van der Waals surface area contributed by atoms with Crippen LogP contribution >= 0.6 is 0 Å². The maximum atomic E-state index is 12.6. The van der Waals surface area contributed by atoms with Crippen LogP contribution in [0.15, 0.2) is 42.6 Å². The van der Waals surface area contributed by atoms with Gasteiger partial charge in [-0.15, -0.1) is 0 Å². The Morgan fingerprint density at radius 2 is 1.77 bits per heavy atom. The molecule has 6 nitrogen and oxygen atoms in total. The number of pyridine rings is 1. The van der Waals surface area contributed by atoms with Crippen molar-refractivity contribution in [1.82, 2.24) is 15.3 Å². The van der Waals surface area contributed by atoms with Gasteiger partial charge in [0.05, 0.1) is 16.9 Å². The fraction of sp³-hybridized carbons (Fsp3) is 0.364. The third-order valence-corrected chi connectivity index (χ3v) is 5.49. The second-order valence-corrected chi connectivity index (χ2v) is 7.77. The molecule has 2 heterocycles. The van der Waals surface area contributed by atoms with Crippen molar-refractivity contribution >= 4 is 28.4 Å². The number of hydrogen-bond acceptors (Lipinski definition) is 3. The van der Waals surface area contributed by atoms with Crippen LogP contribution in [0, 0.1) is 0 Å². The highest BCUT2D eigenvalue weighted by Crippen LogP contribution is 2.30. The van der Waals surface area contributed by atoms with E-state index in [4.69, 9.17) is 0 Å².